The van der Waals surface area contributed by atoms with Gasteiger partial charge in [-0.3, -0.25) is 0 Å². The van der Waals surface area contributed by atoms with Crippen LogP contribution in [0.25, 0.3) is 5.65 Å². The minimum Gasteiger partial charge on any atom is -0.348 e. The van der Waals surface area contributed by atoms with Gasteiger partial charge in [0.25, 0.3) is 0 Å². The second kappa shape index (κ2) is 5.98. The number of anilines is 1. The highest BCUT2D eigenvalue weighted by Gasteiger charge is 2.32. The fourth-order valence-electron chi connectivity index (χ4n) is 3.27. The summed E-state index contributed by atoms with van der Waals surface area (Å²) in [5, 5.41) is 15.6. The Morgan fingerprint density at radius 2 is 1.96 bits per heavy atom. The zero-order chi connectivity index (χ0) is 17.4. The molecule has 0 bridgehead atoms. The van der Waals surface area contributed by atoms with Gasteiger partial charge in [-0.05, 0) is 59.5 Å². The van der Waals surface area contributed by atoms with Gasteiger partial charge in [-0.1, -0.05) is 12.1 Å². The molecule has 1 aromatic carbocycles. The lowest BCUT2D eigenvalue weighted by Crippen LogP contribution is -2.34. The van der Waals surface area contributed by atoms with Gasteiger partial charge >= 0.3 is 6.18 Å². The number of nitrogens with zero attached hydrogens (tertiary/aromatic N) is 6. The van der Waals surface area contributed by atoms with Crippen LogP contribution in [0.2, 0.25) is 0 Å². The molecule has 9 heteroatoms. The van der Waals surface area contributed by atoms with E-state index in [9.17, 15) is 13.2 Å². The lowest BCUT2D eigenvalue weighted by molar-refractivity contribution is -0.137. The van der Waals surface area contributed by atoms with Crippen molar-refractivity contribution >= 4 is 11.5 Å². The summed E-state index contributed by atoms with van der Waals surface area (Å²) in [5.41, 5.74) is 0.545. The largest absolute Gasteiger partial charge is 0.416 e. The first kappa shape index (κ1) is 15.8. The van der Waals surface area contributed by atoms with Crippen molar-refractivity contribution in [3.8, 4) is 0 Å². The van der Waals surface area contributed by atoms with Crippen molar-refractivity contribution in [3.05, 3.63) is 47.5 Å². The topological polar surface area (TPSA) is 59.2 Å². The summed E-state index contributed by atoms with van der Waals surface area (Å²) in [6.07, 6.45) is -1.65. The number of hydrogen-bond donors (Lipinski definition) is 0. The van der Waals surface area contributed by atoms with Gasteiger partial charge in [-0.2, -0.15) is 13.2 Å². The summed E-state index contributed by atoms with van der Waals surface area (Å²) in [4.78, 5) is 2.03. The number of tetrazole rings is 1. The second-order valence-electron chi connectivity index (χ2n) is 6.05. The maximum absolute atomic E-state index is 13.0. The Bertz CT molecular complexity index is 891. The van der Waals surface area contributed by atoms with E-state index in [1.807, 2.05) is 4.90 Å². The molecule has 0 radical (unpaired) electrons. The van der Waals surface area contributed by atoms with Crippen molar-refractivity contribution in [3.63, 3.8) is 0 Å². The number of alkyl halides is 3. The molecule has 0 aliphatic carbocycles. The highest BCUT2D eigenvalue weighted by molar-refractivity contribution is 5.47. The van der Waals surface area contributed by atoms with Crippen molar-refractivity contribution in [1.82, 2.24) is 25.3 Å². The van der Waals surface area contributed by atoms with Crippen molar-refractivity contribution in [2.45, 2.75) is 31.5 Å². The van der Waals surface area contributed by atoms with E-state index in [4.69, 9.17) is 0 Å². The van der Waals surface area contributed by atoms with Gasteiger partial charge in [0, 0.05) is 6.54 Å². The Hall–Kier alpha value is -2.71. The van der Waals surface area contributed by atoms with E-state index in [2.05, 4.69) is 20.6 Å². The third kappa shape index (κ3) is 3.01. The minimum atomic E-state index is -4.35. The fraction of sp³-hybridized carbons (Fsp3) is 0.375. The quantitative estimate of drug-likeness (QED) is 0.711. The first-order chi connectivity index (χ1) is 12.0. The smallest absolute Gasteiger partial charge is 0.348 e. The zero-order valence-corrected chi connectivity index (χ0v) is 13.2. The fourth-order valence-corrected chi connectivity index (χ4v) is 3.27. The lowest BCUT2D eigenvalue weighted by atomic mass is 9.94. The van der Waals surface area contributed by atoms with Crippen LogP contribution in [0.15, 0.2) is 36.4 Å². The molecule has 25 heavy (non-hydrogen) atoms. The maximum atomic E-state index is 13.0. The SMILES string of the molecule is FC(F)(F)c1cccc(C2CCCCN2c2ccc3nnnn3n2)c1. The minimum absolute atomic E-state index is 0.155. The molecule has 0 spiro atoms. The molecule has 3 aromatic rings. The van der Waals surface area contributed by atoms with E-state index in [-0.39, 0.29) is 6.04 Å². The lowest BCUT2D eigenvalue weighted by Gasteiger charge is -2.37. The molecule has 3 heterocycles. The Balaban J connectivity index is 1.71. The van der Waals surface area contributed by atoms with Crippen LogP contribution in [0.4, 0.5) is 19.0 Å². The van der Waals surface area contributed by atoms with Crippen molar-refractivity contribution in [2.24, 2.45) is 0 Å². The second-order valence-corrected chi connectivity index (χ2v) is 6.05. The highest BCUT2D eigenvalue weighted by Crippen LogP contribution is 2.37. The molecule has 0 amide bonds. The van der Waals surface area contributed by atoms with E-state index >= 15 is 0 Å². The monoisotopic (exact) mass is 348 g/mol. The molecule has 1 unspecified atom stereocenters. The van der Waals surface area contributed by atoms with Gasteiger partial charge in [0.1, 0.15) is 0 Å². The van der Waals surface area contributed by atoms with Gasteiger partial charge < -0.3 is 4.90 Å². The first-order valence-electron chi connectivity index (χ1n) is 8.01. The summed E-state index contributed by atoms with van der Waals surface area (Å²) in [7, 11) is 0. The molecular weight excluding hydrogens is 333 g/mol. The average molecular weight is 348 g/mol. The number of benzene rings is 1. The number of piperidine rings is 1. The first-order valence-corrected chi connectivity index (χ1v) is 8.01. The molecule has 0 N–H and O–H groups in total. The summed E-state index contributed by atoms with van der Waals surface area (Å²) < 4.78 is 40.5. The summed E-state index contributed by atoms with van der Waals surface area (Å²) in [5.74, 6) is 0.655. The van der Waals surface area contributed by atoms with E-state index in [1.54, 1.807) is 18.2 Å². The van der Waals surface area contributed by atoms with Gasteiger partial charge in [0.05, 0.1) is 11.6 Å². The number of aromatic nitrogens is 5. The van der Waals surface area contributed by atoms with Gasteiger partial charge in [0.2, 0.25) is 0 Å². The maximum Gasteiger partial charge on any atom is 0.416 e. The average Bonchev–Trinajstić information content (AvgIpc) is 3.09. The van der Waals surface area contributed by atoms with Crippen molar-refractivity contribution < 1.29 is 13.2 Å². The molecule has 1 atom stereocenters. The van der Waals surface area contributed by atoms with Crippen LogP contribution < -0.4 is 4.90 Å². The van der Waals surface area contributed by atoms with Crippen LogP contribution in [0.5, 0.6) is 0 Å². The third-order valence-corrected chi connectivity index (χ3v) is 4.45. The molecular formula is C16H15F3N6. The van der Waals surface area contributed by atoms with E-state index in [0.29, 0.717) is 17.0 Å². The third-order valence-electron chi connectivity index (χ3n) is 4.45. The van der Waals surface area contributed by atoms with Gasteiger partial charge in [-0.25, -0.2) is 0 Å². The molecule has 1 aliphatic rings. The Labute approximate surface area is 141 Å². The molecule has 0 saturated carbocycles. The molecule has 2 aromatic heterocycles. The van der Waals surface area contributed by atoms with Crippen LogP contribution in [-0.4, -0.2) is 31.8 Å². The summed E-state index contributed by atoms with van der Waals surface area (Å²) >= 11 is 0. The molecule has 130 valence electrons. The Morgan fingerprint density at radius 3 is 2.80 bits per heavy atom. The van der Waals surface area contributed by atoms with E-state index in [1.165, 1.54) is 16.8 Å². The normalized spacial score (nSPS) is 18.7. The number of rotatable bonds is 2. The number of halogens is 3. The summed E-state index contributed by atoms with van der Waals surface area (Å²) in [6.45, 7) is 0.724. The number of hydrogen-bond acceptors (Lipinski definition) is 5. The summed E-state index contributed by atoms with van der Waals surface area (Å²) in [6, 6.07) is 8.94. The van der Waals surface area contributed by atoms with Crippen LogP contribution in [0.1, 0.15) is 36.4 Å². The van der Waals surface area contributed by atoms with E-state index in [0.717, 1.165) is 31.9 Å². The number of fused-ring (bicyclic) bond motifs is 1. The highest BCUT2D eigenvalue weighted by atomic mass is 19.4. The zero-order valence-electron chi connectivity index (χ0n) is 13.2. The predicted molar refractivity (Wildman–Crippen MR) is 84.0 cm³/mol. The Morgan fingerprint density at radius 1 is 1.08 bits per heavy atom. The van der Waals surface area contributed by atoms with Crippen LogP contribution in [-0.2, 0) is 6.18 Å². The standard InChI is InChI=1S/C16H15F3N6/c17-16(18,19)12-5-3-4-11(10-12)13-6-1-2-9-24(13)15-8-7-14-20-22-23-25(14)21-15/h3-5,7-8,10,13H,1-2,6,9H2. The Kier molecular flexibility index (Phi) is 3.78. The van der Waals surface area contributed by atoms with Gasteiger partial charge in [-0.15, -0.1) is 14.8 Å². The predicted octanol–water partition coefficient (Wildman–Crippen LogP) is 3.27. The molecule has 1 fully saturated rings. The molecule has 4 rings (SSSR count). The van der Waals surface area contributed by atoms with E-state index < -0.39 is 11.7 Å². The van der Waals surface area contributed by atoms with Crippen molar-refractivity contribution in [2.75, 3.05) is 11.4 Å². The molecule has 1 aliphatic heterocycles. The van der Waals surface area contributed by atoms with Crippen LogP contribution >= 0.6 is 0 Å². The van der Waals surface area contributed by atoms with Crippen LogP contribution in [0.3, 0.4) is 0 Å². The van der Waals surface area contributed by atoms with Crippen molar-refractivity contribution in [1.29, 1.82) is 0 Å². The van der Waals surface area contributed by atoms with Crippen LogP contribution in [0, 0.1) is 0 Å². The van der Waals surface area contributed by atoms with Gasteiger partial charge in [0.15, 0.2) is 11.5 Å². The molecule has 1 saturated heterocycles. The molecule has 6 nitrogen and oxygen atoms in total.